The Hall–Kier alpha value is -0.710. The van der Waals surface area contributed by atoms with Crippen LogP contribution in [0.25, 0.3) is 0 Å². The number of thioether (sulfide) groups is 1. The van der Waals surface area contributed by atoms with E-state index in [2.05, 4.69) is 11.6 Å². The van der Waals surface area contributed by atoms with Crippen LogP contribution in [0.2, 0.25) is 0 Å². The molecule has 2 aliphatic rings. The summed E-state index contributed by atoms with van der Waals surface area (Å²) in [5.74, 6) is -0.0639. The third kappa shape index (κ3) is 1.97. The van der Waals surface area contributed by atoms with Crippen LogP contribution in [-0.4, -0.2) is 40.9 Å². The lowest BCUT2D eigenvalue weighted by Gasteiger charge is -2.35. The molecule has 1 saturated carbocycles. The van der Waals surface area contributed by atoms with Gasteiger partial charge in [-0.3, -0.25) is 9.69 Å². The molecular formula is C10H16N2O2S. The van der Waals surface area contributed by atoms with E-state index in [1.165, 1.54) is 11.3 Å². The molecule has 1 aliphatic carbocycles. The first-order valence-corrected chi connectivity index (χ1v) is 6.65. The monoisotopic (exact) mass is 228 g/mol. The summed E-state index contributed by atoms with van der Waals surface area (Å²) in [5, 5.41) is 3.01. The highest BCUT2D eigenvalue weighted by atomic mass is 32.2. The molecule has 1 N–H and O–H groups in total. The Morgan fingerprint density at radius 1 is 1.33 bits per heavy atom. The molecule has 1 heterocycles. The van der Waals surface area contributed by atoms with Crippen LogP contribution in [0.15, 0.2) is 0 Å². The minimum absolute atomic E-state index is 0.0639. The smallest absolute Gasteiger partial charge is 0.324 e. The van der Waals surface area contributed by atoms with E-state index < -0.39 is 0 Å². The van der Waals surface area contributed by atoms with Crippen molar-refractivity contribution in [3.63, 3.8) is 0 Å². The summed E-state index contributed by atoms with van der Waals surface area (Å²) in [7, 11) is 0. The molecule has 5 heteroatoms. The number of hydrogen-bond acceptors (Lipinski definition) is 3. The number of nitrogens with one attached hydrogen (secondary N) is 1. The fourth-order valence-electron chi connectivity index (χ4n) is 2.42. The van der Waals surface area contributed by atoms with Crippen molar-refractivity contribution in [1.82, 2.24) is 10.2 Å². The fourth-order valence-corrected chi connectivity index (χ4v) is 3.39. The molecule has 2 atom stereocenters. The van der Waals surface area contributed by atoms with Gasteiger partial charge in [-0.05, 0) is 19.1 Å². The third-order valence-corrected chi connectivity index (χ3v) is 4.34. The highest BCUT2D eigenvalue weighted by Crippen LogP contribution is 2.31. The van der Waals surface area contributed by atoms with Crippen LogP contribution in [-0.2, 0) is 4.79 Å². The Morgan fingerprint density at radius 2 is 2.07 bits per heavy atom. The lowest BCUT2D eigenvalue weighted by atomic mass is 9.94. The van der Waals surface area contributed by atoms with Crippen molar-refractivity contribution in [2.24, 2.45) is 0 Å². The van der Waals surface area contributed by atoms with Gasteiger partial charge in [-0.1, -0.05) is 12.8 Å². The van der Waals surface area contributed by atoms with E-state index in [1.54, 1.807) is 11.8 Å². The van der Waals surface area contributed by atoms with Crippen molar-refractivity contribution in [3.8, 4) is 0 Å². The van der Waals surface area contributed by atoms with E-state index in [0.29, 0.717) is 5.25 Å². The summed E-state index contributed by atoms with van der Waals surface area (Å²) in [6, 6.07) is -0.0882. The molecule has 4 nitrogen and oxygen atoms in total. The average Bonchev–Trinajstić information content (AvgIpc) is 2.59. The van der Waals surface area contributed by atoms with Gasteiger partial charge in [0, 0.05) is 5.25 Å². The zero-order valence-corrected chi connectivity index (χ0v) is 9.68. The molecule has 2 unspecified atom stereocenters. The SMILES string of the molecule is CSC1CCCCC1N1C(=O)CNC1=O. The van der Waals surface area contributed by atoms with Gasteiger partial charge < -0.3 is 5.32 Å². The first-order chi connectivity index (χ1) is 7.24. The Bertz CT molecular complexity index is 267. The van der Waals surface area contributed by atoms with Crippen molar-refractivity contribution < 1.29 is 9.59 Å². The predicted octanol–water partition coefficient (Wildman–Crippen LogP) is 1.21. The largest absolute Gasteiger partial charge is 0.329 e. The van der Waals surface area contributed by atoms with E-state index in [9.17, 15) is 9.59 Å². The molecule has 0 spiro atoms. The fraction of sp³-hybridized carbons (Fsp3) is 0.800. The van der Waals surface area contributed by atoms with Crippen molar-refractivity contribution >= 4 is 23.7 Å². The highest BCUT2D eigenvalue weighted by molar-refractivity contribution is 7.99. The molecule has 0 bridgehead atoms. The van der Waals surface area contributed by atoms with Gasteiger partial charge in [0.15, 0.2) is 0 Å². The Labute approximate surface area is 93.8 Å². The van der Waals surface area contributed by atoms with E-state index in [4.69, 9.17) is 0 Å². The second kappa shape index (κ2) is 4.43. The molecule has 3 amide bonds. The van der Waals surface area contributed by atoms with E-state index in [0.717, 1.165) is 19.3 Å². The summed E-state index contributed by atoms with van der Waals surface area (Å²) in [6.07, 6.45) is 6.47. The second-order valence-electron chi connectivity index (χ2n) is 4.05. The molecule has 1 saturated heterocycles. The van der Waals surface area contributed by atoms with Gasteiger partial charge in [0.25, 0.3) is 0 Å². The molecule has 84 valence electrons. The van der Waals surface area contributed by atoms with Crippen molar-refractivity contribution in [3.05, 3.63) is 0 Å². The summed E-state index contributed by atoms with van der Waals surface area (Å²) in [6.45, 7) is 0.177. The third-order valence-electron chi connectivity index (χ3n) is 3.18. The number of carbonyl (C=O) groups is 2. The number of amides is 3. The van der Waals surface area contributed by atoms with Gasteiger partial charge >= 0.3 is 6.03 Å². The number of hydrogen-bond donors (Lipinski definition) is 1. The summed E-state index contributed by atoms with van der Waals surface area (Å²) >= 11 is 1.77. The van der Waals surface area contributed by atoms with Gasteiger partial charge in [-0.25, -0.2) is 4.79 Å². The lowest BCUT2D eigenvalue weighted by Crippen LogP contribution is -2.47. The van der Waals surface area contributed by atoms with Crippen molar-refractivity contribution in [1.29, 1.82) is 0 Å². The normalized spacial score (nSPS) is 31.9. The summed E-state index contributed by atoms with van der Waals surface area (Å²) in [5.41, 5.74) is 0. The highest BCUT2D eigenvalue weighted by Gasteiger charge is 2.39. The number of rotatable bonds is 2. The first kappa shape index (κ1) is 10.8. The molecule has 0 aromatic heterocycles. The second-order valence-corrected chi connectivity index (χ2v) is 5.13. The van der Waals surface area contributed by atoms with Gasteiger partial charge in [-0.2, -0.15) is 11.8 Å². The molecular weight excluding hydrogens is 212 g/mol. The molecule has 2 fully saturated rings. The summed E-state index contributed by atoms with van der Waals surface area (Å²) < 4.78 is 0. The first-order valence-electron chi connectivity index (χ1n) is 5.36. The van der Waals surface area contributed by atoms with Gasteiger partial charge in [0.05, 0.1) is 12.6 Å². The van der Waals surface area contributed by atoms with Crippen LogP contribution in [0.1, 0.15) is 25.7 Å². The van der Waals surface area contributed by atoms with Gasteiger partial charge in [0.2, 0.25) is 5.91 Å². The van der Waals surface area contributed by atoms with Crippen LogP contribution >= 0.6 is 11.8 Å². The molecule has 0 aromatic carbocycles. The molecule has 1 aliphatic heterocycles. The van der Waals surface area contributed by atoms with E-state index in [1.807, 2.05) is 0 Å². The Morgan fingerprint density at radius 3 is 2.67 bits per heavy atom. The average molecular weight is 228 g/mol. The van der Waals surface area contributed by atoms with Gasteiger partial charge in [0.1, 0.15) is 0 Å². The minimum atomic E-state index is -0.203. The molecule has 0 aromatic rings. The number of imide groups is 1. The zero-order valence-electron chi connectivity index (χ0n) is 8.86. The number of nitrogens with zero attached hydrogens (tertiary/aromatic N) is 1. The molecule has 2 rings (SSSR count). The van der Waals surface area contributed by atoms with Crippen LogP contribution in [0.4, 0.5) is 4.79 Å². The van der Waals surface area contributed by atoms with E-state index >= 15 is 0 Å². The Kier molecular flexibility index (Phi) is 3.19. The Balaban J connectivity index is 2.12. The van der Waals surface area contributed by atoms with Crippen molar-refractivity contribution in [2.45, 2.75) is 37.0 Å². The van der Waals surface area contributed by atoms with Crippen LogP contribution in [0.5, 0.6) is 0 Å². The van der Waals surface area contributed by atoms with E-state index in [-0.39, 0.29) is 24.5 Å². The predicted molar refractivity (Wildman–Crippen MR) is 59.8 cm³/mol. The van der Waals surface area contributed by atoms with Crippen LogP contribution in [0, 0.1) is 0 Å². The standard InChI is InChI=1S/C10H16N2O2S/c1-15-8-5-3-2-4-7(8)12-9(13)6-11-10(12)14/h7-8H,2-6H2,1H3,(H,11,14). The van der Waals surface area contributed by atoms with Crippen LogP contribution < -0.4 is 5.32 Å². The maximum atomic E-state index is 11.6. The maximum Gasteiger partial charge on any atom is 0.324 e. The van der Waals surface area contributed by atoms with Crippen molar-refractivity contribution in [2.75, 3.05) is 12.8 Å². The quantitative estimate of drug-likeness (QED) is 0.723. The van der Waals surface area contributed by atoms with Crippen LogP contribution in [0.3, 0.4) is 0 Å². The topological polar surface area (TPSA) is 49.4 Å². The zero-order chi connectivity index (χ0) is 10.8. The lowest BCUT2D eigenvalue weighted by molar-refractivity contribution is -0.126. The number of urea groups is 1. The molecule has 0 radical (unpaired) electrons. The van der Waals surface area contributed by atoms with Gasteiger partial charge in [-0.15, -0.1) is 0 Å². The number of carbonyl (C=O) groups excluding carboxylic acids is 2. The molecule has 15 heavy (non-hydrogen) atoms. The minimum Gasteiger partial charge on any atom is -0.329 e. The maximum absolute atomic E-state index is 11.6. The summed E-state index contributed by atoms with van der Waals surface area (Å²) in [4.78, 5) is 24.6.